The molecule has 0 radical (unpaired) electrons. The van der Waals surface area contributed by atoms with Crippen molar-refractivity contribution in [3.8, 4) is 0 Å². The molecule has 0 unspecified atom stereocenters. The van der Waals surface area contributed by atoms with Gasteiger partial charge in [-0.1, -0.05) is 12.1 Å². The molecule has 2 N–H and O–H groups in total. The minimum absolute atomic E-state index is 0.0438. The van der Waals surface area contributed by atoms with Crippen LogP contribution in [0.5, 0.6) is 0 Å². The first-order valence-electron chi connectivity index (χ1n) is 8.48. The molecule has 2 aliphatic rings. The molecule has 0 atom stereocenters. The van der Waals surface area contributed by atoms with Gasteiger partial charge in [-0.25, -0.2) is 0 Å². The SMILES string of the molecule is O=C(O)CC1(NC(=O)CCN2C(=O)c3ccccc3C2=O)CCOCC1. The van der Waals surface area contributed by atoms with Crippen molar-refractivity contribution >= 4 is 23.7 Å². The van der Waals surface area contributed by atoms with Crippen LogP contribution in [0.4, 0.5) is 0 Å². The second kappa shape index (κ2) is 7.25. The van der Waals surface area contributed by atoms with Crippen LogP contribution in [0, 0.1) is 0 Å². The van der Waals surface area contributed by atoms with E-state index in [0.717, 1.165) is 4.90 Å². The Bertz CT molecular complexity index is 719. The van der Waals surface area contributed by atoms with Crippen LogP contribution in [0.2, 0.25) is 0 Å². The molecule has 2 aliphatic heterocycles. The summed E-state index contributed by atoms with van der Waals surface area (Å²) in [5, 5.41) is 11.9. The normalized spacial score (nSPS) is 18.5. The third-order valence-electron chi connectivity index (χ3n) is 4.78. The smallest absolute Gasteiger partial charge is 0.305 e. The van der Waals surface area contributed by atoms with E-state index in [-0.39, 0.29) is 25.3 Å². The van der Waals surface area contributed by atoms with E-state index in [1.54, 1.807) is 24.3 Å². The Morgan fingerprint density at radius 1 is 1.12 bits per heavy atom. The highest BCUT2D eigenvalue weighted by molar-refractivity contribution is 6.21. The van der Waals surface area contributed by atoms with E-state index in [2.05, 4.69) is 5.32 Å². The van der Waals surface area contributed by atoms with Crippen molar-refractivity contribution in [3.05, 3.63) is 35.4 Å². The number of hydrogen-bond acceptors (Lipinski definition) is 5. The number of carbonyl (C=O) groups is 4. The van der Waals surface area contributed by atoms with Gasteiger partial charge in [-0.3, -0.25) is 24.1 Å². The largest absolute Gasteiger partial charge is 0.481 e. The Morgan fingerprint density at radius 3 is 2.23 bits per heavy atom. The highest BCUT2D eigenvalue weighted by atomic mass is 16.5. The molecule has 0 spiro atoms. The summed E-state index contributed by atoms with van der Waals surface area (Å²) in [7, 11) is 0. The van der Waals surface area contributed by atoms with E-state index < -0.39 is 23.3 Å². The average molecular weight is 360 g/mol. The van der Waals surface area contributed by atoms with Gasteiger partial charge >= 0.3 is 5.97 Å². The first-order valence-corrected chi connectivity index (χ1v) is 8.48. The molecule has 3 amide bonds. The van der Waals surface area contributed by atoms with E-state index in [4.69, 9.17) is 9.84 Å². The lowest BCUT2D eigenvalue weighted by Gasteiger charge is -2.37. The monoisotopic (exact) mass is 360 g/mol. The van der Waals surface area contributed by atoms with Crippen LogP contribution in [0.1, 0.15) is 46.4 Å². The summed E-state index contributed by atoms with van der Waals surface area (Å²) in [6.07, 6.45) is 0.568. The molecule has 8 heteroatoms. The number of rotatable bonds is 6. The zero-order valence-corrected chi connectivity index (χ0v) is 14.2. The number of fused-ring (bicyclic) bond motifs is 1. The summed E-state index contributed by atoms with van der Waals surface area (Å²) in [6, 6.07) is 6.53. The van der Waals surface area contributed by atoms with Crippen molar-refractivity contribution < 1.29 is 29.0 Å². The molecule has 0 aromatic heterocycles. The molecule has 1 fully saturated rings. The topological polar surface area (TPSA) is 113 Å². The molecule has 3 rings (SSSR count). The van der Waals surface area contributed by atoms with Gasteiger partial charge < -0.3 is 15.2 Å². The molecular weight excluding hydrogens is 340 g/mol. The van der Waals surface area contributed by atoms with Gasteiger partial charge in [0.15, 0.2) is 0 Å². The first-order chi connectivity index (χ1) is 12.4. The molecule has 0 aliphatic carbocycles. The Morgan fingerprint density at radius 2 is 1.69 bits per heavy atom. The van der Waals surface area contributed by atoms with Crippen molar-refractivity contribution in [2.45, 2.75) is 31.2 Å². The number of aliphatic carboxylic acids is 1. The molecule has 0 saturated carbocycles. The maximum Gasteiger partial charge on any atom is 0.305 e. The molecule has 1 saturated heterocycles. The number of nitrogens with one attached hydrogen (secondary N) is 1. The quantitative estimate of drug-likeness (QED) is 0.726. The van der Waals surface area contributed by atoms with Crippen LogP contribution >= 0.6 is 0 Å². The standard InChI is InChI=1S/C18H20N2O6/c21-14(19-18(11-15(22)23)6-9-26-10-7-18)5-8-20-16(24)12-3-1-2-4-13(12)17(20)25/h1-4H,5-11H2,(H,19,21)(H,22,23). The number of nitrogens with zero attached hydrogens (tertiary/aromatic N) is 1. The molecular formula is C18H20N2O6. The zero-order valence-electron chi connectivity index (χ0n) is 14.2. The molecule has 0 bridgehead atoms. The van der Waals surface area contributed by atoms with Gasteiger partial charge in [-0.15, -0.1) is 0 Å². The fraction of sp³-hybridized carbons (Fsp3) is 0.444. The lowest BCUT2D eigenvalue weighted by molar-refractivity contribution is -0.140. The molecule has 138 valence electrons. The second-order valence-electron chi connectivity index (χ2n) is 6.57. The van der Waals surface area contributed by atoms with Crippen LogP contribution in [-0.4, -0.2) is 59.0 Å². The van der Waals surface area contributed by atoms with E-state index in [0.29, 0.717) is 37.2 Å². The van der Waals surface area contributed by atoms with Crippen LogP contribution in [0.25, 0.3) is 0 Å². The van der Waals surface area contributed by atoms with Crippen molar-refractivity contribution in [1.29, 1.82) is 0 Å². The summed E-state index contributed by atoms with van der Waals surface area (Å²) in [5.74, 6) is -2.20. The highest BCUT2D eigenvalue weighted by Gasteiger charge is 2.38. The number of benzene rings is 1. The van der Waals surface area contributed by atoms with Gasteiger partial charge in [-0.2, -0.15) is 0 Å². The first kappa shape index (κ1) is 18.1. The third kappa shape index (κ3) is 3.60. The number of carboxylic acid groups (broad SMARTS) is 1. The number of amides is 3. The van der Waals surface area contributed by atoms with Gasteiger partial charge in [-0.05, 0) is 25.0 Å². The predicted octanol–water partition coefficient (Wildman–Crippen LogP) is 0.813. The Kier molecular flexibility index (Phi) is 5.03. The van der Waals surface area contributed by atoms with E-state index in [1.165, 1.54) is 0 Å². The molecule has 26 heavy (non-hydrogen) atoms. The minimum Gasteiger partial charge on any atom is -0.481 e. The fourth-order valence-corrected chi connectivity index (χ4v) is 3.41. The van der Waals surface area contributed by atoms with E-state index in [9.17, 15) is 19.2 Å². The lowest BCUT2D eigenvalue weighted by Crippen LogP contribution is -2.53. The maximum atomic E-state index is 12.3. The van der Waals surface area contributed by atoms with Crippen LogP contribution in [0.3, 0.4) is 0 Å². The Balaban J connectivity index is 1.61. The summed E-state index contributed by atoms with van der Waals surface area (Å²) < 4.78 is 5.25. The lowest BCUT2D eigenvalue weighted by atomic mass is 9.86. The Labute approximate surface area is 150 Å². The predicted molar refractivity (Wildman–Crippen MR) is 89.6 cm³/mol. The van der Waals surface area contributed by atoms with Crippen molar-refractivity contribution in [3.63, 3.8) is 0 Å². The number of ether oxygens (including phenoxy) is 1. The summed E-state index contributed by atoms with van der Waals surface area (Å²) in [6.45, 7) is 0.718. The molecule has 8 nitrogen and oxygen atoms in total. The number of carbonyl (C=O) groups excluding carboxylic acids is 3. The van der Waals surface area contributed by atoms with Crippen LogP contribution in [-0.2, 0) is 14.3 Å². The average Bonchev–Trinajstić information content (AvgIpc) is 2.84. The van der Waals surface area contributed by atoms with Gasteiger partial charge in [0.1, 0.15) is 0 Å². The maximum absolute atomic E-state index is 12.3. The van der Waals surface area contributed by atoms with Crippen LogP contribution < -0.4 is 5.32 Å². The van der Waals surface area contributed by atoms with Crippen molar-refractivity contribution in [1.82, 2.24) is 10.2 Å². The second-order valence-corrected chi connectivity index (χ2v) is 6.57. The number of carboxylic acids is 1. The molecule has 1 aromatic rings. The summed E-state index contributed by atoms with van der Waals surface area (Å²) in [4.78, 5) is 49.1. The highest BCUT2D eigenvalue weighted by Crippen LogP contribution is 2.25. The van der Waals surface area contributed by atoms with Gasteiger partial charge in [0.25, 0.3) is 11.8 Å². The number of imide groups is 1. The van der Waals surface area contributed by atoms with E-state index in [1.807, 2.05) is 0 Å². The zero-order chi connectivity index (χ0) is 18.7. The molecule has 2 heterocycles. The fourth-order valence-electron chi connectivity index (χ4n) is 3.41. The number of hydrogen-bond donors (Lipinski definition) is 2. The van der Waals surface area contributed by atoms with Gasteiger partial charge in [0.05, 0.1) is 23.1 Å². The summed E-state index contributed by atoms with van der Waals surface area (Å²) in [5.41, 5.74) is -0.169. The van der Waals surface area contributed by atoms with Crippen molar-refractivity contribution in [2.75, 3.05) is 19.8 Å². The Hall–Kier alpha value is -2.74. The van der Waals surface area contributed by atoms with Gasteiger partial charge in [0.2, 0.25) is 5.91 Å². The van der Waals surface area contributed by atoms with Crippen molar-refractivity contribution in [2.24, 2.45) is 0 Å². The molecule has 1 aromatic carbocycles. The van der Waals surface area contributed by atoms with E-state index >= 15 is 0 Å². The third-order valence-corrected chi connectivity index (χ3v) is 4.78. The van der Waals surface area contributed by atoms with Gasteiger partial charge in [0, 0.05) is 26.2 Å². The summed E-state index contributed by atoms with van der Waals surface area (Å²) >= 11 is 0. The van der Waals surface area contributed by atoms with Crippen LogP contribution in [0.15, 0.2) is 24.3 Å². The minimum atomic E-state index is -0.993.